The van der Waals surface area contributed by atoms with Crippen molar-refractivity contribution >= 4 is 76.8 Å². The number of nitrogens with zero attached hydrogens (tertiary/aromatic N) is 7. The summed E-state index contributed by atoms with van der Waals surface area (Å²) in [5, 5.41) is 28.4. The van der Waals surface area contributed by atoms with Gasteiger partial charge in [-0.15, -0.1) is 0 Å². The van der Waals surface area contributed by atoms with Crippen LogP contribution in [0.15, 0.2) is 48.5 Å². The van der Waals surface area contributed by atoms with E-state index >= 15 is 43.2 Å². The molecule has 2 aliphatic rings. The average molecular weight is 1510 g/mol. The Labute approximate surface area is 641 Å². The molecule has 28 heteroatoms. The highest BCUT2D eigenvalue weighted by Gasteiger charge is 2.44. The normalized spacial score (nSPS) is 24.0. The molecule has 13 amide bonds. The molecule has 2 saturated heterocycles. The summed E-state index contributed by atoms with van der Waals surface area (Å²) >= 11 is 0. The van der Waals surface area contributed by atoms with Gasteiger partial charge in [-0.3, -0.25) is 62.3 Å². The SMILES string of the molecule is CCCCN1CC(=O)N(C)[C@@H](CC(C)C)C(=O)N[C@@H](Cc2ccc(C(=O)NC)c(OC)c2)C(=O)N(C)[C@@H](CC(C)C)C(=O)N(C)[C@@H](CC(C)C)C(=O)N[C@H](C(=O)N2CCCCC2)CC(=O)N[C@H](CC(C)C)C(=O)N(C)[C@@H](Cc2ccccc2)C(=O)N[C@@H](C(C)C)C(=O)N(C)[C@@H](CC(C)C)C(=O)N[C@@H]([C@@H](C)O)C1=O. The molecule has 2 heterocycles. The fraction of sp³-hybridized carbons (Fsp3) is 0.688. The van der Waals surface area contributed by atoms with E-state index in [9.17, 15) is 24.3 Å². The number of likely N-dealkylation sites (tertiary alicyclic amines) is 1. The van der Waals surface area contributed by atoms with Gasteiger partial charge in [0.1, 0.15) is 66.2 Å². The first-order chi connectivity index (χ1) is 50.7. The third-order valence-corrected chi connectivity index (χ3v) is 20.2. The largest absolute Gasteiger partial charge is 0.496 e. The van der Waals surface area contributed by atoms with Gasteiger partial charge >= 0.3 is 0 Å². The number of hydrogen-bond acceptors (Lipinski definition) is 15. The van der Waals surface area contributed by atoms with Crippen molar-refractivity contribution in [1.82, 2.24) is 66.2 Å². The van der Waals surface area contributed by atoms with E-state index in [-0.39, 0.29) is 92.4 Å². The highest BCUT2D eigenvalue weighted by atomic mass is 16.5. The number of carbonyl (C=O) groups is 13. The molecule has 4 rings (SSSR count). The van der Waals surface area contributed by atoms with Gasteiger partial charge < -0.3 is 76.0 Å². The summed E-state index contributed by atoms with van der Waals surface area (Å²) in [7, 11) is 9.88. The van der Waals surface area contributed by atoms with Crippen molar-refractivity contribution in [2.45, 2.75) is 247 Å². The maximum Gasteiger partial charge on any atom is 0.254 e. The Balaban J connectivity index is 2.06. The number of benzene rings is 2. The Bertz CT molecular complexity index is 3380. The topological polar surface area (TPSA) is 346 Å². The quantitative estimate of drug-likeness (QED) is 0.0839. The van der Waals surface area contributed by atoms with Crippen LogP contribution in [0.25, 0.3) is 0 Å². The van der Waals surface area contributed by atoms with Gasteiger partial charge in [0.15, 0.2) is 0 Å². The summed E-state index contributed by atoms with van der Waals surface area (Å²) in [5.41, 5.74) is 1.24. The smallest absolute Gasteiger partial charge is 0.254 e. The minimum Gasteiger partial charge on any atom is -0.496 e. The molecule has 2 aromatic carbocycles. The molecular weight excluding hydrogens is 1380 g/mol. The molecule has 0 radical (unpaired) electrons. The van der Waals surface area contributed by atoms with E-state index in [0.717, 1.165) is 6.42 Å². The van der Waals surface area contributed by atoms with Crippen LogP contribution >= 0.6 is 0 Å². The molecule has 2 aliphatic heterocycles. The number of piperidine rings is 1. The molecule has 2 fully saturated rings. The van der Waals surface area contributed by atoms with Gasteiger partial charge in [-0.1, -0.05) is 133 Å². The van der Waals surface area contributed by atoms with E-state index in [1.165, 1.54) is 91.8 Å². The molecule has 108 heavy (non-hydrogen) atoms. The second-order valence-corrected chi connectivity index (χ2v) is 31.9. The van der Waals surface area contributed by atoms with Gasteiger partial charge in [-0.25, -0.2) is 0 Å². The molecule has 0 unspecified atom stereocenters. The van der Waals surface area contributed by atoms with Crippen molar-refractivity contribution in [3.8, 4) is 5.75 Å². The third-order valence-electron chi connectivity index (χ3n) is 20.2. The molecule has 0 aromatic heterocycles. The third kappa shape index (κ3) is 26.6. The van der Waals surface area contributed by atoms with E-state index in [2.05, 4.69) is 31.9 Å². The highest BCUT2D eigenvalue weighted by Crippen LogP contribution is 2.26. The predicted octanol–water partition coefficient (Wildman–Crippen LogP) is 4.71. The maximum atomic E-state index is 15.7. The number of likely N-dealkylation sites (N-methyl/N-ethyl adjacent to an activating group) is 5. The first-order valence-corrected chi connectivity index (χ1v) is 38.7. The van der Waals surface area contributed by atoms with Gasteiger partial charge in [0.05, 0.1) is 31.7 Å². The lowest BCUT2D eigenvalue weighted by Crippen LogP contribution is -2.62. The lowest BCUT2D eigenvalue weighted by atomic mass is 9.96. The minimum absolute atomic E-state index is 0.0317. The van der Waals surface area contributed by atoms with Crippen LogP contribution in [0.4, 0.5) is 0 Å². The number of nitrogens with one attached hydrogen (secondary N) is 6. The van der Waals surface area contributed by atoms with E-state index in [0.29, 0.717) is 49.9 Å². The van der Waals surface area contributed by atoms with Crippen molar-refractivity contribution in [1.29, 1.82) is 0 Å². The van der Waals surface area contributed by atoms with Crippen LogP contribution in [0, 0.1) is 35.5 Å². The Morgan fingerprint density at radius 3 is 1.52 bits per heavy atom. The van der Waals surface area contributed by atoms with Gasteiger partial charge in [-0.05, 0) is 123 Å². The first kappa shape index (κ1) is 91.7. The van der Waals surface area contributed by atoms with Crippen molar-refractivity contribution < 1.29 is 72.2 Å². The Morgan fingerprint density at radius 2 is 1.00 bits per heavy atom. The number of unbranched alkanes of at least 4 members (excludes halogenated alkanes) is 1. The second-order valence-electron chi connectivity index (χ2n) is 31.9. The zero-order chi connectivity index (χ0) is 81.3. The van der Waals surface area contributed by atoms with Crippen molar-refractivity contribution in [3.63, 3.8) is 0 Å². The minimum atomic E-state index is -1.68. The van der Waals surface area contributed by atoms with Crippen LogP contribution in [0.3, 0.4) is 0 Å². The van der Waals surface area contributed by atoms with Crippen LogP contribution in [0.5, 0.6) is 5.75 Å². The summed E-state index contributed by atoms with van der Waals surface area (Å²) in [5.74, 6) is -11.1. The zero-order valence-electron chi connectivity index (χ0n) is 68.2. The van der Waals surface area contributed by atoms with Crippen LogP contribution in [-0.2, 0) is 70.4 Å². The van der Waals surface area contributed by atoms with Crippen LogP contribution in [0.1, 0.15) is 189 Å². The molecule has 0 saturated carbocycles. The monoisotopic (exact) mass is 1510 g/mol. The summed E-state index contributed by atoms with van der Waals surface area (Å²) in [6.07, 6.45) is 0.787. The molecule has 604 valence electrons. The predicted molar refractivity (Wildman–Crippen MR) is 413 cm³/mol. The van der Waals surface area contributed by atoms with Crippen LogP contribution < -0.4 is 36.6 Å². The molecule has 11 atom stereocenters. The number of methoxy groups -OCH3 is 1. The molecule has 7 N–H and O–H groups in total. The van der Waals surface area contributed by atoms with Crippen molar-refractivity contribution in [3.05, 3.63) is 65.2 Å². The average Bonchev–Trinajstić information content (AvgIpc) is 0.815. The Morgan fingerprint density at radius 1 is 0.519 bits per heavy atom. The van der Waals surface area contributed by atoms with Crippen LogP contribution in [0.2, 0.25) is 0 Å². The van der Waals surface area contributed by atoms with Gasteiger partial charge in [0.25, 0.3) is 5.91 Å². The van der Waals surface area contributed by atoms with Gasteiger partial charge in [0, 0.05) is 74.8 Å². The van der Waals surface area contributed by atoms with Crippen LogP contribution in [-0.4, -0.2) is 258 Å². The van der Waals surface area contributed by atoms with E-state index < -0.39 is 162 Å². The van der Waals surface area contributed by atoms with Gasteiger partial charge in [-0.2, -0.15) is 0 Å². The summed E-state index contributed by atoms with van der Waals surface area (Å²) in [6.45, 7) is 25.0. The number of rotatable bonds is 22. The number of aliphatic hydroxyl groups is 1. The fourth-order valence-electron chi connectivity index (χ4n) is 13.8. The fourth-order valence-corrected chi connectivity index (χ4v) is 13.8. The molecule has 0 spiro atoms. The maximum absolute atomic E-state index is 15.7. The molecule has 0 bridgehead atoms. The van der Waals surface area contributed by atoms with Gasteiger partial charge in [0.2, 0.25) is 70.9 Å². The number of aliphatic hydroxyl groups excluding tert-OH is 1. The highest BCUT2D eigenvalue weighted by molar-refractivity contribution is 6.01. The molecule has 2 aromatic rings. The summed E-state index contributed by atoms with van der Waals surface area (Å²) in [4.78, 5) is 204. The Hall–Kier alpha value is -8.69. The number of carbonyl (C=O) groups excluding carboxylic acids is 13. The number of amides is 13. The number of ether oxygens (including phenoxy) is 1. The Kier molecular flexibility index (Phi) is 36.9. The van der Waals surface area contributed by atoms with E-state index in [1.54, 1.807) is 61.2 Å². The van der Waals surface area contributed by atoms with Crippen molar-refractivity contribution in [2.75, 3.05) is 75.6 Å². The summed E-state index contributed by atoms with van der Waals surface area (Å²) < 4.78 is 5.65. The zero-order valence-corrected chi connectivity index (χ0v) is 68.2. The summed E-state index contributed by atoms with van der Waals surface area (Å²) in [6, 6.07) is -0.348. The standard InChI is InChI=1S/C80H129N13O15/c1-22-23-34-93-46-67(96)87(16)60(38-48(4)5)71(98)83-58(42-55-32-33-56(70(97)81-15)65(44-55)108-21)76(103)91(20)64(41-51(10)11)78(105)89(18)61(39-49(6)7)72(99)84-59(77(104)92-35-28-25-29-36-92)45-66(95)82-57(37-47(2)3)75(102)88(17)63(43-54-30-26-24-27-31-54)74(101)85-68(52(12)13)79(106)90(19)62(40-50(8)9)73(100)86-69(53(14)94)80(93)107/h24,26-27,30-33,44,47-53,57-64,68-69,94H,22-23,25,28-29,34-43,45-46H2,1-21H3,(H,81,97)(H,82,95)(H,83,98)(H,84,99)(H,85,101)(H,86,100)/t53-,57-,58+,59+,60+,61+,62+,63+,64+,68+,69+/m1/s1. The van der Waals surface area contributed by atoms with E-state index in [4.69, 9.17) is 4.74 Å². The molecular formula is C80H129N13O15. The molecule has 28 nitrogen and oxygen atoms in total. The molecule has 0 aliphatic carbocycles. The van der Waals surface area contributed by atoms with Crippen molar-refractivity contribution in [2.24, 2.45) is 35.5 Å². The first-order valence-electron chi connectivity index (χ1n) is 38.7. The number of hydrogen-bond donors (Lipinski definition) is 7. The second kappa shape index (κ2) is 43.5. The lowest BCUT2D eigenvalue weighted by molar-refractivity contribution is -0.151. The van der Waals surface area contributed by atoms with E-state index in [1.807, 2.05) is 76.2 Å². The lowest BCUT2D eigenvalue weighted by Gasteiger charge is -2.38.